The van der Waals surface area contributed by atoms with Gasteiger partial charge in [0.25, 0.3) is 5.91 Å². The van der Waals surface area contributed by atoms with Crippen molar-refractivity contribution in [2.24, 2.45) is 0 Å². The SMILES string of the molecule is CCOC(=O)Nc1ccc(C(=O)Nc2ccccc2SC2CCCC2)cc1. The molecule has 0 spiro atoms. The van der Waals surface area contributed by atoms with Crippen LogP contribution in [0.1, 0.15) is 43.0 Å². The van der Waals surface area contributed by atoms with Crippen molar-refractivity contribution in [1.82, 2.24) is 0 Å². The summed E-state index contributed by atoms with van der Waals surface area (Å²) in [6, 6.07) is 14.7. The minimum atomic E-state index is -0.507. The van der Waals surface area contributed by atoms with E-state index in [0.717, 1.165) is 10.6 Å². The lowest BCUT2D eigenvalue weighted by Crippen LogP contribution is -2.14. The number of hydrogen-bond acceptors (Lipinski definition) is 4. The number of ether oxygens (including phenoxy) is 1. The molecule has 1 saturated carbocycles. The molecule has 3 rings (SSSR count). The van der Waals surface area contributed by atoms with Crippen molar-refractivity contribution in [3.8, 4) is 0 Å². The zero-order chi connectivity index (χ0) is 19.1. The number of hydrogen-bond donors (Lipinski definition) is 2. The summed E-state index contributed by atoms with van der Waals surface area (Å²) in [4.78, 5) is 25.2. The first kappa shape index (κ1) is 19.3. The zero-order valence-electron chi connectivity index (χ0n) is 15.4. The van der Waals surface area contributed by atoms with Crippen molar-refractivity contribution in [2.75, 3.05) is 17.2 Å². The number of anilines is 2. The van der Waals surface area contributed by atoms with Gasteiger partial charge in [-0.05, 0) is 56.2 Å². The number of carbonyl (C=O) groups is 2. The molecule has 0 atom stereocenters. The molecule has 1 fully saturated rings. The Morgan fingerprint density at radius 3 is 2.44 bits per heavy atom. The van der Waals surface area contributed by atoms with Crippen LogP contribution in [0.15, 0.2) is 53.4 Å². The summed E-state index contributed by atoms with van der Waals surface area (Å²) >= 11 is 1.85. The number of amides is 2. The first-order valence-corrected chi connectivity index (χ1v) is 10.1. The second kappa shape index (κ2) is 9.46. The van der Waals surface area contributed by atoms with E-state index in [4.69, 9.17) is 4.74 Å². The molecule has 27 heavy (non-hydrogen) atoms. The van der Waals surface area contributed by atoms with E-state index in [-0.39, 0.29) is 5.91 Å². The zero-order valence-corrected chi connectivity index (χ0v) is 16.2. The van der Waals surface area contributed by atoms with Gasteiger partial charge in [0.2, 0.25) is 0 Å². The molecule has 6 heteroatoms. The minimum absolute atomic E-state index is 0.169. The summed E-state index contributed by atoms with van der Waals surface area (Å²) in [5.74, 6) is -0.169. The Bertz CT molecular complexity index is 786. The molecule has 0 aromatic heterocycles. The van der Waals surface area contributed by atoms with Crippen molar-refractivity contribution >= 4 is 35.1 Å². The number of thioether (sulfide) groups is 1. The maximum absolute atomic E-state index is 12.6. The van der Waals surface area contributed by atoms with E-state index < -0.39 is 6.09 Å². The number of carbonyl (C=O) groups excluding carboxylic acids is 2. The van der Waals surface area contributed by atoms with E-state index in [1.807, 2.05) is 30.0 Å². The van der Waals surface area contributed by atoms with Crippen molar-refractivity contribution in [3.05, 3.63) is 54.1 Å². The summed E-state index contributed by atoms with van der Waals surface area (Å²) < 4.78 is 4.84. The lowest BCUT2D eigenvalue weighted by molar-refractivity contribution is 0.102. The van der Waals surface area contributed by atoms with Crippen LogP contribution in [0.25, 0.3) is 0 Å². The highest BCUT2D eigenvalue weighted by molar-refractivity contribution is 8.00. The second-order valence-corrected chi connectivity index (χ2v) is 7.74. The average Bonchev–Trinajstić information content (AvgIpc) is 3.17. The molecular formula is C21H24N2O3S. The highest BCUT2D eigenvalue weighted by Gasteiger charge is 2.18. The van der Waals surface area contributed by atoms with Crippen LogP contribution in [-0.2, 0) is 4.74 Å². The Morgan fingerprint density at radius 2 is 1.74 bits per heavy atom. The van der Waals surface area contributed by atoms with E-state index in [1.165, 1.54) is 25.7 Å². The fraction of sp³-hybridized carbons (Fsp3) is 0.333. The summed E-state index contributed by atoms with van der Waals surface area (Å²) in [7, 11) is 0. The predicted octanol–water partition coefficient (Wildman–Crippen LogP) is 5.54. The molecule has 2 aromatic carbocycles. The van der Waals surface area contributed by atoms with Crippen molar-refractivity contribution in [3.63, 3.8) is 0 Å². The van der Waals surface area contributed by atoms with Crippen LogP contribution in [-0.4, -0.2) is 23.9 Å². The normalized spacial score (nSPS) is 14.0. The van der Waals surface area contributed by atoms with Gasteiger partial charge in [-0.2, -0.15) is 0 Å². The fourth-order valence-corrected chi connectivity index (χ4v) is 4.37. The van der Waals surface area contributed by atoms with Gasteiger partial charge in [0.05, 0.1) is 12.3 Å². The van der Waals surface area contributed by atoms with Crippen LogP contribution < -0.4 is 10.6 Å². The van der Waals surface area contributed by atoms with E-state index in [9.17, 15) is 9.59 Å². The Labute approximate surface area is 163 Å². The Kier molecular flexibility index (Phi) is 6.76. The first-order valence-electron chi connectivity index (χ1n) is 9.26. The van der Waals surface area contributed by atoms with Gasteiger partial charge in [0.1, 0.15) is 0 Å². The monoisotopic (exact) mass is 384 g/mol. The number of para-hydroxylation sites is 1. The molecule has 142 valence electrons. The smallest absolute Gasteiger partial charge is 0.411 e. The lowest BCUT2D eigenvalue weighted by Gasteiger charge is -2.14. The molecule has 2 N–H and O–H groups in total. The van der Waals surface area contributed by atoms with Crippen molar-refractivity contribution < 1.29 is 14.3 Å². The standard InChI is InChI=1S/C21H24N2O3S/c1-2-26-21(25)22-16-13-11-15(12-14-16)20(24)23-18-9-5-6-10-19(18)27-17-7-3-4-8-17/h5-6,9-14,17H,2-4,7-8H2,1H3,(H,22,25)(H,23,24). The van der Waals surface area contributed by atoms with Crippen LogP contribution >= 0.6 is 11.8 Å². The Balaban J connectivity index is 1.64. The maximum Gasteiger partial charge on any atom is 0.411 e. The highest BCUT2D eigenvalue weighted by Crippen LogP contribution is 2.38. The van der Waals surface area contributed by atoms with Gasteiger partial charge in [-0.15, -0.1) is 11.8 Å². The highest BCUT2D eigenvalue weighted by atomic mass is 32.2. The molecule has 0 bridgehead atoms. The molecule has 1 aliphatic carbocycles. The summed E-state index contributed by atoms with van der Waals surface area (Å²) in [6.07, 6.45) is 4.55. The molecule has 5 nitrogen and oxygen atoms in total. The van der Waals surface area contributed by atoms with Gasteiger partial charge in [0.15, 0.2) is 0 Å². The van der Waals surface area contributed by atoms with Crippen LogP contribution in [0.5, 0.6) is 0 Å². The summed E-state index contributed by atoms with van der Waals surface area (Å²) in [6.45, 7) is 2.06. The molecule has 0 heterocycles. The van der Waals surface area contributed by atoms with Crippen LogP contribution in [0, 0.1) is 0 Å². The van der Waals surface area contributed by atoms with E-state index in [2.05, 4.69) is 16.7 Å². The van der Waals surface area contributed by atoms with Crippen LogP contribution in [0.4, 0.5) is 16.2 Å². The van der Waals surface area contributed by atoms with Crippen molar-refractivity contribution in [1.29, 1.82) is 0 Å². The van der Waals surface area contributed by atoms with E-state index in [1.54, 1.807) is 31.2 Å². The lowest BCUT2D eigenvalue weighted by atomic mass is 10.2. The molecule has 0 radical (unpaired) electrons. The number of benzene rings is 2. The van der Waals surface area contributed by atoms with Gasteiger partial charge in [-0.3, -0.25) is 10.1 Å². The molecule has 1 aliphatic rings. The average molecular weight is 385 g/mol. The van der Waals surface area contributed by atoms with Crippen LogP contribution in [0.3, 0.4) is 0 Å². The number of nitrogens with one attached hydrogen (secondary N) is 2. The molecule has 2 amide bonds. The molecule has 0 aliphatic heterocycles. The largest absolute Gasteiger partial charge is 0.450 e. The molecule has 0 saturated heterocycles. The predicted molar refractivity (Wildman–Crippen MR) is 110 cm³/mol. The fourth-order valence-electron chi connectivity index (χ4n) is 3.04. The summed E-state index contributed by atoms with van der Waals surface area (Å²) in [5, 5.41) is 6.26. The molecule has 0 unspecified atom stereocenters. The first-order chi connectivity index (χ1) is 13.2. The van der Waals surface area contributed by atoms with Gasteiger partial charge < -0.3 is 10.1 Å². The van der Waals surface area contributed by atoms with Crippen molar-refractivity contribution in [2.45, 2.75) is 42.8 Å². The van der Waals surface area contributed by atoms with E-state index >= 15 is 0 Å². The van der Waals surface area contributed by atoms with E-state index in [0.29, 0.717) is 23.1 Å². The third-order valence-corrected chi connectivity index (χ3v) is 5.81. The van der Waals surface area contributed by atoms with Crippen LogP contribution in [0.2, 0.25) is 0 Å². The Hall–Kier alpha value is -2.47. The third-order valence-electron chi connectivity index (χ3n) is 4.40. The van der Waals surface area contributed by atoms with Gasteiger partial charge in [-0.25, -0.2) is 4.79 Å². The van der Waals surface area contributed by atoms with Gasteiger partial charge in [0, 0.05) is 21.4 Å². The third kappa shape index (κ3) is 5.50. The summed E-state index contributed by atoms with van der Waals surface area (Å²) in [5.41, 5.74) is 1.96. The van der Waals surface area contributed by atoms with Gasteiger partial charge in [-0.1, -0.05) is 25.0 Å². The quantitative estimate of drug-likeness (QED) is 0.686. The Morgan fingerprint density at radius 1 is 1.04 bits per heavy atom. The maximum atomic E-state index is 12.6. The molecule has 2 aromatic rings. The van der Waals surface area contributed by atoms with Gasteiger partial charge >= 0.3 is 6.09 Å². The second-order valence-electron chi connectivity index (χ2n) is 6.40. The topological polar surface area (TPSA) is 67.4 Å². The minimum Gasteiger partial charge on any atom is -0.450 e. The number of rotatable bonds is 6. The molecular weight excluding hydrogens is 360 g/mol.